The molecule has 0 saturated carbocycles. The van der Waals surface area contributed by atoms with Gasteiger partial charge in [-0.05, 0) is 43.7 Å². The van der Waals surface area contributed by atoms with Gasteiger partial charge in [-0.3, -0.25) is 15.0 Å². The maximum atomic E-state index is 12.6. The molecule has 0 bridgehead atoms. The van der Waals surface area contributed by atoms with Crippen LogP contribution in [0.15, 0.2) is 59.8 Å². The molecule has 0 spiro atoms. The fourth-order valence-electron chi connectivity index (χ4n) is 3.05. The molecular formula is C21H21N5O3. The van der Waals surface area contributed by atoms with E-state index >= 15 is 0 Å². The molecule has 0 aliphatic heterocycles. The Morgan fingerprint density at radius 1 is 1.14 bits per heavy atom. The Labute approximate surface area is 166 Å². The molecule has 0 aliphatic rings. The molecule has 0 aliphatic carbocycles. The van der Waals surface area contributed by atoms with Crippen LogP contribution in [0.5, 0.6) is 5.75 Å². The van der Waals surface area contributed by atoms with E-state index in [2.05, 4.69) is 15.5 Å². The van der Waals surface area contributed by atoms with Crippen LogP contribution in [0, 0.1) is 0 Å². The highest BCUT2D eigenvalue weighted by molar-refractivity contribution is 5.86. The summed E-state index contributed by atoms with van der Waals surface area (Å²) in [5.74, 6) is 0.107. The number of aromatic nitrogens is 4. The van der Waals surface area contributed by atoms with E-state index in [-0.39, 0.29) is 12.1 Å². The van der Waals surface area contributed by atoms with Crippen LogP contribution in [0.2, 0.25) is 0 Å². The summed E-state index contributed by atoms with van der Waals surface area (Å²) in [7, 11) is 0. The summed E-state index contributed by atoms with van der Waals surface area (Å²) in [5, 5.41) is 6.69. The Balaban J connectivity index is 1.48. The minimum Gasteiger partial charge on any atom is -0.484 e. The van der Waals surface area contributed by atoms with E-state index in [4.69, 9.17) is 4.74 Å². The van der Waals surface area contributed by atoms with Crippen molar-refractivity contribution in [3.8, 4) is 5.75 Å². The first-order valence-corrected chi connectivity index (χ1v) is 9.20. The lowest BCUT2D eigenvalue weighted by atomic mass is 10.1. The van der Waals surface area contributed by atoms with Gasteiger partial charge in [0.25, 0.3) is 11.5 Å². The first-order valence-electron chi connectivity index (χ1n) is 9.20. The van der Waals surface area contributed by atoms with Gasteiger partial charge in [-0.25, -0.2) is 14.3 Å². The van der Waals surface area contributed by atoms with Gasteiger partial charge in [0, 0.05) is 0 Å². The molecule has 29 heavy (non-hydrogen) atoms. The van der Waals surface area contributed by atoms with Crippen molar-refractivity contribution < 1.29 is 9.53 Å². The van der Waals surface area contributed by atoms with Gasteiger partial charge in [-0.15, -0.1) is 0 Å². The second-order valence-corrected chi connectivity index (χ2v) is 7.72. The van der Waals surface area contributed by atoms with E-state index < -0.39 is 11.5 Å². The van der Waals surface area contributed by atoms with Gasteiger partial charge < -0.3 is 4.74 Å². The molecule has 0 radical (unpaired) electrons. The number of carbonyl (C=O) groups excluding carboxylic acids is 1. The number of hydrogen-bond acceptors (Lipinski definition) is 5. The second-order valence-electron chi connectivity index (χ2n) is 7.72. The molecule has 0 unspecified atom stereocenters. The molecule has 8 nitrogen and oxygen atoms in total. The van der Waals surface area contributed by atoms with Crippen molar-refractivity contribution in [1.29, 1.82) is 0 Å². The van der Waals surface area contributed by atoms with Crippen molar-refractivity contribution in [2.45, 2.75) is 26.3 Å². The van der Waals surface area contributed by atoms with Crippen LogP contribution in [0.25, 0.3) is 21.8 Å². The minimum atomic E-state index is -0.468. The van der Waals surface area contributed by atoms with E-state index in [1.807, 2.05) is 57.2 Å². The van der Waals surface area contributed by atoms with Crippen molar-refractivity contribution in [3.05, 3.63) is 65.3 Å². The molecule has 2 heterocycles. The van der Waals surface area contributed by atoms with E-state index in [1.165, 1.54) is 12.5 Å². The third-order valence-corrected chi connectivity index (χ3v) is 4.46. The highest BCUT2D eigenvalue weighted by Gasteiger charge is 2.20. The third kappa shape index (κ3) is 3.69. The molecular weight excluding hydrogens is 370 g/mol. The SMILES string of the molecule is CC(C)(C)n1ncc2c(=O)n(NC(=O)COc3ccc4ccccc4c3)cnc21. The zero-order valence-electron chi connectivity index (χ0n) is 16.4. The lowest BCUT2D eigenvalue weighted by Gasteiger charge is -2.19. The summed E-state index contributed by atoms with van der Waals surface area (Å²) in [6.45, 7) is 5.68. The van der Waals surface area contributed by atoms with Crippen molar-refractivity contribution >= 4 is 27.7 Å². The summed E-state index contributed by atoms with van der Waals surface area (Å²) < 4.78 is 8.28. The number of benzene rings is 2. The minimum absolute atomic E-state index is 0.232. The van der Waals surface area contributed by atoms with Crippen LogP contribution in [0.4, 0.5) is 0 Å². The summed E-state index contributed by atoms with van der Waals surface area (Å²) in [6.07, 6.45) is 2.74. The number of rotatable bonds is 4. The molecule has 0 saturated heterocycles. The van der Waals surface area contributed by atoms with Gasteiger partial charge in [0.15, 0.2) is 12.3 Å². The number of nitrogens with zero attached hydrogens (tertiary/aromatic N) is 4. The third-order valence-electron chi connectivity index (χ3n) is 4.46. The number of ether oxygens (including phenoxy) is 1. The molecule has 0 fully saturated rings. The first-order chi connectivity index (χ1) is 13.8. The number of nitrogens with one attached hydrogen (secondary N) is 1. The van der Waals surface area contributed by atoms with Crippen LogP contribution in [-0.2, 0) is 10.3 Å². The largest absolute Gasteiger partial charge is 0.484 e. The topological polar surface area (TPSA) is 91.0 Å². The summed E-state index contributed by atoms with van der Waals surface area (Å²) in [4.78, 5) is 29.2. The summed E-state index contributed by atoms with van der Waals surface area (Å²) in [6, 6.07) is 13.5. The predicted molar refractivity (Wildman–Crippen MR) is 111 cm³/mol. The number of carbonyl (C=O) groups is 1. The van der Waals surface area contributed by atoms with E-state index in [0.29, 0.717) is 16.8 Å². The van der Waals surface area contributed by atoms with E-state index in [9.17, 15) is 9.59 Å². The smallest absolute Gasteiger partial charge is 0.283 e. The molecule has 148 valence electrons. The zero-order chi connectivity index (χ0) is 20.6. The average molecular weight is 391 g/mol. The van der Waals surface area contributed by atoms with Crippen molar-refractivity contribution in [3.63, 3.8) is 0 Å². The van der Waals surface area contributed by atoms with Crippen LogP contribution in [0.1, 0.15) is 20.8 Å². The molecule has 2 aromatic heterocycles. The predicted octanol–water partition coefficient (Wildman–Crippen LogP) is 2.65. The Bertz CT molecular complexity index is 1270. The lowest BCUT2D eigenvalue weighted by Crippen LogP contribution is -2.36. The second kappa shape index (κ2) is 7.05. The molecule has 2 aromatic carbocycles. The Morgan fingerprint density at radius 2 is 1.90 bits per heavy atom. The molecule has 1 N–H and O–H groups in total. The van der Waals surface area contributed by atoms with Crippen molar-refractivity contribution in [1.82, 2.24) is 19.4 Å². The lowest BCUT2D eigenvalue weighted by molar-refractivity contribution is -0.119. The van der Waals surface area contributed by atoms with Crippen LogP contribution >= 0.6 is 0 Å². The van der Waals surface area contributed by atoms with Crippen LogP contribution < -0.4 is 15.7 Å². The number of hydrogen-bond donors (Lipinski definition) is 1. The van der Waals surface area contributed by atoms with E-state index in [1.54, 1.807) is 10.7 Å². The van der Waals surface area contributed by atoms with Gasteiger partial charge in [0.1, 0.15) is 17.5 Å². The molecule has 8 heteroatoms. The molecule has 0 atom stereocenters. The summed E-state index contributed by atoms with van der Waals surface area (Å²) >= 11 is 0. The fraction of sp³-hybridized carbons (Fsp3) is 0.238. The number of amides is 1. The van der Waals surface area contributed by atoms with Gasteiger partial charge in [0.2, 0.25) is 0 Å². The first kappa shape index (κ1) is 18.7. The molecule has 4 rings (SSSR count). The quantitative estimate of drug-likeness (QED) is 0.578. The Morgan fingerprint density at radius 3 is 2.66 bits per heavy atom. The van der Waals surface area contributed by atoms with Crippen molar-refractivity contribution in [2.24, 2.45) is 0 Å². The summed E-state index contributed by atoms with van der Waals surface area (Å²) in [5.41, 5.74) is 2.26. The Kier molecular flexibility index (Phi) is 4.54. The fourth-order valence-corrected chi connectivity index (χ4v) is 3.05. The normalized spacial score (nSPS) is 11.7. The van der Waals surface area contributed by atoms with Crippen LogP contribution in [0.3, 0.4) is 0 Å². The maximum Gasteiger partial charge on any atom is 0.283 e. The van der Waals surface area contributed by atoms with E-state index in [0.717, 1.165) is 15.4 Å². The highest BCUT2D eigenvalue weighted by Crippen LogP contribution is 2.20. The maximum absolute atomic E-state index is 12.6. The average Bonchev–Trinajstić information content (AvgIpc) is 3.14. The number of fused-ring (bicyclic) bond motifs is 2. The van der Waals surface area contributed by atoms with Gasteiger partial charge in [0.05, 0.1) is 11.7 Å². The van der Waals surface area contributed by atoms with Gasteiger partial charge >= 0.3 is 0 Å². The zero-order valence-corrected chi connectivity index (χ0v) is 16.4. The molecule has 4 aromatic rings. The van der Waals surface area contributed by atoms with Gasteiger partial charge in [-0.1, -0.05) is 30.3 Å². The monoisotopic (exact) mass is 391 g/mol. The van der Waals surface area contributed by atoms with Crippen molar-refractivity contribution in [2.75, 3.05) is 12.0 Å². The van der Waals surface area contributed by atoms with Gasteiger partial charge in [-0.2, -0.15) is 5.10 Å². The highest BCUT2D eigenvalue weighted by atomic mass is 16.5. The van der Waals surface area contributed by atoms with Crippen LogP contribution in [-0.4, -0.2) is 32.0 Å². The Hall–Kier alpha value is -3.68. The standard InChI is InChI=1S/C21H21N5O3/c1-21(2,3)26-19-17(11-23-26)20(28)25(13-22-19)24-18(27)12-29-16-9-8-14-6-4-5-7-15(14)10-16/h4-11,13H,12H2,1-3H3,(H,24,27). The molecule has 1 amide bonds.